The molecule has 9 heteroatoms. The zero-order chi connectivity index (χ0) is 17.4. The highest BCUT2D eigenvalue weighted by molar-refractivity contribution is 14.0. The third kappa shape index (κ3) is 8.87. The van der Waals surface area contributed by atoms with Gasteiger partial charge in [-0.05, 0) is 32.6 Å². The SMILES string of the molecule is CCNC(=NCCNS(C)(=O)=O)NC1CCN(C2CCCC2)CC1.I. The van der Waals surface area contributed by atoms with Gasteiger partial charge in [0.25, 0.3) is 0 Å². The van der Waals surface area contributed by atoms with E-state index in [1.54, 1.807) is 0 Å². The molecule has 0 aromatic carbocycles. The van der Waals surface area contributed by atoms with Gasteiger partial charge < -0.3 is 15.5 Å². The summed E-state index contributed by atoms with van der Waals surface area (Å²) in [6.45, 7) is 5.93. The van der Waals surface area contributed by atoms with Crippen LogP contribution in [0.3, 0.4) is 0 Å². The lowest BCUT2D eigenvalue weighted by molar-refractivity contribution is 0.150. The molecule has 2 rings (SSSR count). The van der Waals surface area contributed by atoms with Gasteiger partial charge in [-0.1, -0.05) is 12.8 Å². The van der Waals surface area contributed by atoms with Gasteiger partial charge in [0, 0.05) is 38.3 Å². The average Bonchev–Trinajstić information content (AvgIpc) is 3.06. The van der Waals surface area contributed by atoms with E-state index in [1.807, 2.05) is 6.92 Å². The number of sulfonamides is 1. The predicted octanol–water partition coefficient (Wildman–Crippen LogP) is 1.12. The number of nitrogens with one attached hydrogen (secondary N) is 3. The standard InChI is InChI=1S/C16H33N5O2S.HI/c1-3-17-16(18-10-11-19-24(2,22)23)20-14-8-12-21(13-9-14)15-6-4-5-7-15;/h14-15,19H,3-13H2,1-2H3,(H2,17,18,20);1H. The minimum Gasteiger partial charge on any atom is -0.357 e. The molecule has 25 heavy (non-hydrogen) atoms. The van der Waals surface area contributed by atoms with Gasteiger partial charge in [0.2, 0.25) is 10.0 Å². The Hall–Kier alpha value is -0.130. The number of likely N-dealkylation sites (tertiary alicyclic amines) is 1. The summed E-state index contributed by atoms with van der Waals surface area (Å²) in [6, 6.07) is 1.26. The zero-order valence-corrected chi connectivity index (χ0v) is 18.6. The molecule has 0 amide bonds. The van der Waals surface area contributed by atoms with Gasteiger partial charge in [0.1, 0.15) is 0 Å². The number of rotatable bonds is 7. The van der Waals surface area contributed by atoms with E-state index in [9.17, 15) is 8.42 Å². The van der Waals surface area contributed by atoms with Crippen molar-refractivity contribution in [2.45, 2.75) is 57.5 Å². The van der Waals surface area contributed by atoms with Crippen LogP contribution < -0.4 is 15.4 Å². The van der Waals surface area contributed by atoms with Gasteiger partial charge in [0.05, 0.1) is 12.8 Å². The molecule has 0 radical (unpaired) electrons. The van der Waals surface area contributed by atoms with Crippen LogP contribution in [-0.2, 0) is 10.0 Å². The highest BCUT2D eigenvalue weighted by Gasteiger charge is 2.27. The van der Waals surface area contributed by atoms with Crippen molar-refractivity contribution in [3.05, 3.63) is 0 Å². The minimum absolute atomic E-state index is 0. The molecule has 7 nitrogen and oxygen atoms in total. The Morgan fingerprint density at radius 3 is 2.36 bits per heavy atom. The van der Waals surface area contributed by atoms with Crippen LogP contribution in [0.1, 0.15) is 45.4 Å². The monoisotopic (exact) mass is 487 g/mol. The first-order valence-corrected chi connectivity index (χ1v) is 11.1. The summed E-state index contributed by atoms with van der Waals surface area (Å²) < 4.78 is 24.6. The molecule has 3 N–H and O–H groups in total. The second kappa shape index (κ2) is 11.6. The summed E-state index contributed by atoms with van der Waals surface area (Å²) in [5.41, 5.74) is 0. The van der Waals surface area contributed by atoms with Crippen LogP contribution in [0.15, 0.2) is 4.99 Å². The summed E-state index contributed by atoms with van der Waals surface area (Å²) in [5, 5.41) is 6.74. The van der Waals surface area contributed by atoms with E-state index < -0.39 is 10.0 Å². The fourth-order valence-electron chi connectivity index (χ4n) is 3.59. The van der Waals surface area contributed by atoms with E-state index in [1.165, 1.54) is 25.7 Å². The van der Waals surface area contributed by atoms with E-state index in [-0.39, 0.29) is 24.0 Å². The van der Waals surface area contributed by atoms with Gasteiger partial charge >= 0.3 is 0 Å². The molecule has 0 atom stereocenters. The summed E-state index contributed by atoms with van der Waals surface area (Å²) in [7, 11) is -3.14. The first-order valence-electron chi connectivity index (χ1n) is 9.21. The molecule has 0 unspecified atom stereocenters. The molecule has 0 spiro atoms. The smallest absolute Gasteiger partial charge is 0.208 e. The highest BCUT2D eigenvalue weighted by atomic mass is 127. The molecule has 0 bridgehead atoms. The Labute approximate surface area is 169 Å². The number of hydrogen-bond acceptors (Lipinski definition) is 4. The van der Waals surface area contributed by atoms with Crippen molar-refractivity contribution in [1.82, 2.24) is 20.3 Å². The second-order valence-corrected chi connectivity index (χ2v) is 8.65. The fourth-order valence-corrected chi connectivity index (χ4v) is 4.05. The zero-order valence-electron chi connectivity index (χ0n) is 15.5. The fraction of sp³-hybridized carbons (Fsp3) is 0.938. The Kier molecular flexibility index (Phi) is 10.6. The Balaban J connectivity index is 0.00000312. The Morgan fingerprint density at radius 1 is 1.16 bits per heavy atom. The van der Waals surface area contributed by atoms with Crippen molar-refractivity contribution in [1.29, 1.82) is 0 Å². The first kappa shape index (κ1) is 22.9. The molecule has 1 aliphatic heterocycles. The molecular formula is C16H34IN5O2S. The molecule has 148 valence electrons. The van der Waals surface area contributed by atoms with E-state index in [0.29, 0.717) is 19.1 Å². The van der Waals surface area contributed by atoms with Gasteiger partial charge in [-0.15, -0.1) is 24.0 Å². The highest BCUT2D eigenvalue weighted by Crippen LogP contribution is 2.26. The van der Waals surface area contributed by atoms with Gasteiger partial charge in [-0.2, -0.15) is 0 Å². The number of halogens is 1. The maximum absolute atomic E-state index is 11.1. The molecule has 1 aliphatic carbocycles. The molecule has 0 aromatic heterocycles. The second-order valence-electron chi connectivity index (χ2n) is 6.82. The Morgan fingerprint density at radius 2 is 1.80 bits per heavy atom. The van der Waals surface area contributed by atoms with Crippen LogP contribution in [0.4, 0.5) is 0 Å². The van der Waals surface area contributed by atoms with Crippen molar-refractivity contribution in [3.63, 3.8) is 0 Å². The van der Waals surface area contributed by atoms with E-state index >= 15 is 0 Å². The number of nitrogens with zero attached hydrogens (tertiary/aromatic N) is 2. The first-order chi connectivity index (χ1) is 11.5. The van der Waals surface area contributed by atoms with Crippen LogP contribution in [0.5, 0.6) is 0 Å². The lowest BCUT2D eigenvalue weighted by atomic mass is 10.0. The molecular weight excluding hydrogens is 453 g/mol. The van der Waals surface area contributed by atoms with Gasteiger partial charge in [-0.25, -0.2) is 13.1 Å². The number of hydrogen-bond donors (Lipinski definition) is 3. The van der Waals surface area contributed by atoms with E-state index in [0.717, 1.165) is 50.7 Å². The van der Waals surface area contributed by atoms with Crippen LogP contribution >= 0.6 is 24.0 Å². The minimum atomic E-state index is -3.14. The van der Waals surface area contributed by atoms with E-state index in [4.69, 9.17) is 0 Å². The summed E-state index contributed by atoms with van der Waals surface area (Å²) >= 11 is 0. The third-order valence-corrected chi connectivity index (χ3v) is 5.53. The van der Waals surface area contributed by atoms with Crippen molar-refractivity contribution in [2.24, 2.45) is 4.99 Å². The summed E-state index contributed by atoms with van der Waals surface area (Å²) in [4.78, 5) is 7.12. The summed E-state index contributed by atoms with van der Waals surface area (Å²) in [6.07, 6.45) is 8.97. The lowest BCUT2D eigenvalue weighted by Gasteiger charge is -2.36. The number of guanidine groups is 1. The normalized spacial score (nSPS) is 21.1. The molecule has 1 saturated heterocycles. The number of piperidine rings is 1. The maximum Gasteiger partial charge on any atom is 0.208 e. The summed E-state index contributed by atoms with van der Waals surface area (Å²) in [5.74, 6) is 0.784. The van der Waals surface area contributed by atoms with Crippen molar-refractivity contribution in [2.75, 3.05) is 39.0 Å². The van der Waals surface area contributed by atoms with Crippen molar-refractivity contribution >= 4 is 40.0 Å². The third-order valence-electron chi connectivity index (χ3n) is 4.80. The van der Waals surface area contributed by atoms with Gasteiger partial charge in [-0.3, -0.25) is 4.99 Å². The molecule has 1 saturated carbocycles. The maximum atomic E-state index is 11.1. The topological polar surface area (TPSA) is 85.8 Å². The van der Waals surface area contributed by atoms with Crippen LogP contribution in [-0.4, -0.2) is 70.3 Å². The quantitative estimate of drug-likeness (QED) is 0.217. The number of aliphatic imine (C=N–C) groups is 1. The van der Waals surface area contributed by atoms with Crippen LogP contribution in [0.25, 0.3) is 0 Å². The molecule has 2 fully saturated rings. The van der Waals surface area contributed by atoms with Crippen LogP contribution in [0.2, 0.25) is 0 Å². The lowest BCUT2D eigenvalue weighted by Crippen LogP contribution is -2.50. The Bertz CT molecular complexity index is 501. The predicted molar refractivity (Wildman–Crippen MR) is 114 cm³/mol. The van der Waals surface area contributed by atoms with Crippen molar-refractivity contribution < 1.29 is 8.42 Å². The molecule has 0 aromatic rings. The molecule has 2 aliphatic rings. The average molecular weight is 487 g/mol. The van der Waals surface area contributed by atoms with E-state index in [2.05, 4.69) is 25.2 Å². The van der Waals surface area contributed by atoms with Crippen LogP contribution in [0, 0.1) is 0 Å². The van der Waals surface area contributed by atoms with Gasteiger partial charge in [0.15, 0.2) is 5.96 Å². The largest absolute Gasteiger partial charge is 0.357 e. The molecule has 1 heterocycles. The van der Waals surface area contributed by atoms with Crippen molar-refractivity contribution in [3.8, 4) is 0 Å².